The van der Waals surface area contributed by atoms with Gasteiger partial charge in [0.15, 0.2) is 5.96 Å². The Morgan fingerprint density at radius 2 is 2.13 bits per heavy atom. The van der Waals surface area contributed by atoms with Gasteiger partial charge in [-0.05, 0) is 13.3 Å². The molecule has 0 bridgehead atoms. The molecule has 5 nitrogen and oxygen atoms in total. The van der Waals surface area contributed by atoms with Crippen molar-refractivity contribution < 1.29 is 0 Å². The third kappa shape index (κ3) is 2.84. The van der Waals surface area contributed by atoms with Crippen molar-refractivity contribution in [1.82, 2.24) is 9.80 Å². The maximum Gasteiger partial charge on any atom is 0.205 e. The normalized spacial score (nSPS) is 21.1. The molecule has 1 aliphatic rings. The maximum atomic E-state index is 5.79. The minimum absolute atomic E-state index is 0.0692. The number of unbranched alkanes of at least 4 members (excludes halogenated alkanes) is 1. The molecule has 0 saturated carbocycles. The number of nitrogens with two attached hydrogens (primary N) is 1. The van der Waals surface area contributed by atoms with Gasteiger partial charge in [0.05, 0.1) is 0 Å². The smallest absolute Gasteiger partial charge is 0.205 e. The quantitative estimate of drug-likeness (QED) is 0.747. The topological polar surface area (TPSA) is 57.2 Å². The summed E-state index contributed by atoms with van der Waals surface area (Å²) in [6.45, 7) is 5.12. The molecule has 0 radical (unpaired) electrons. The molecule has 0 spiro atoms. The number of aliphatic imine (C=N–C) groups is 2. The molecular weight excluding hydrogens is 190 g/mol. The summed E-state index contributed by atoms with van der Waals surface area (Å²) in [5, 5.41) is 0. The fourth-order valence-electron chi connectivity index (χ4n) is 1.51. The highest BCUT2D eigenvalue weighted by molar-refractivity contribution is 5.98. The van der Waals surface area contributed by atoms with Crippen LogP contribution in [0.3, 0.4) is 0 Å². The molecular formula is C10H21N5. The van der Waals surface area contributed by atoms with Crippen molar-refractivity contribution in [2.75, 3.05) is 20.6 Å². The second kappa shape index (κ2) is 5.00. The van der Waals surface area contributed by atoms with Crippen LogP contribution >= 0.6 is 0 Å². The Bertz CT molecular complexity index is 271. The summed E-state index contributed by atoms with van der Waals surface area (Å²) < 4.78 is 0. The highest BCUT2D eigenvalue weighted by atomic mass is 15.4. The van der Waals surface area contributed by atoms with Crippen molar-refractivity contribution in [3.8, 4) is 0 Å². The van der Waals surface area contributed by atoms with E-state index in [1.54, 1.807) is 0 Å². The zero-order valence-electron chi connectivity index (χ0n) is 10.1. The van der Waals surface area contributed by atoms with E-state index in [1.807, 2.05) is 25.9 Å². The summed E-state index contributed by atoms with van der Waals surface area (Å²) in [4.78, 5) is 12.6. The first-order valence-corrected chi connectivity index (χ1v) is 5.42. The molecule has 2 N–H and O–H groups in total. The Morgan fingerprint density at radius 3 is 2.73 bits per heavy atom. The average Bonchev–Trinajstić information content (AvgIpc) is 2.19. The molecule has 1 rings (SSSR count). The van der Waals surface area contributed by atoms with Crippen LogP contribution in [0.15, 0.2) is 9.98 Å². The Hall–Kier alpha value is -1.26. The summed E-state index contributed by atoms with van der Waals surface area (Å²) in [6, 6.07) is 0. The van der Waals surface area contributed by atoms with E-state index in [0.29, 0.717) is 5.96 Å². The third-order valence-corrected chi connectivity index (χ3v) is 2.45. The van der Waals surface area contributed by atoms with Gasteiger partial charge < -0.3 is 10.6 Å². The lowest BCUT2D eigenvalue weighted by molar-refractivity contribution is 0.425. The van der Waals surface area contributed by atoms with E-state index in [1.165, 1.54) is 6.42 Å². The lowest BCUT2D eigenvalue weighted by Gasteiger charge is -2.31. The van der Waals surface area contributed by atoms with Gasteiger partial charge in [-0.2, -0.15) is 0 Å². The van der Waals surface area contributed by atoms with Crippen molar-refractivity contribution in [1.29, 1.82) is 0 Å². The minimum atomic E-state index is -0.0692. The standard InChI is InChI=1S/C10H21N5/c1-5-6-7-14(3)10-13-8(2)12-9(11)15(10)4/h8H,5-7H2,1-4H3,(H2,11,12). The summed E-state index contributed by atoms with van der Waals surface area (Å²) >= 11 is 0. The molecule has 5 heteroatoms. The van der Waals surface area contributed by atoms with Gasteiger partial charge in [-0.3, -0.25) is 4.90 Å². The highest BCUT2D eigenvalue weighted by Gasteiger charge is 2.20. The molecule has 0 aromatic carbocycles. The van der Waals surface area contributed by atoms with Crippen LogP contribution in [0.4, 0.5) is 0 Å². The summed E-state index contributed by atoms with van der Waals surface area (Å²) in [6.07, 6.45) is 2.27. The summed E-state index contributed by atoms with van der Waals surface area (Å²) in [7, 11) is 3.93. The highest BCUT2D eigenvalue weighted by Crippen LogP contribution is 2.07. The SMILES string of the molecule is CCCCN(C)C1=NC(C)N=C(N)N1C. The lowest BCUT2D eigenvalue weighted by Crippen LogP contribution is -2.49. The van der Waals surface area contributed by atoms with E-state index in [0.717, 1.165) is 18.9 Å². The second-order valence-corrected chi connectivity index (χ2v) is 3.88. The minimum Gasteiger partial charge on any atom is -0.369 e. The molecule has 0 saturated heterocycles. The van der Waals surface area contributed by atoms with Gasteiger partial charge in [-0.1, -0.05) is 13.3 Å². The van der Waals surface area contributed by atoms with Crippen molar-refractivity contribution in [3.05, 3.63) is 0 Å². The number of guanidine groups is 2. The summed E-state index contributed by atoms with van der Waals surface area (Å²) in [5.74, 6) is 1.44. The lowest BCUT2D eigenvalue weighted by atomic mass is 10.3. The largest absolute Gasteiger partial charge is 0.369 e. The molecule has 0 fully saturated rings. The van der Waals surface area contributed by atoms with Crippen LogP contribution in [0.1, 0.15) is 26.7 Å². The van der Waals surface area contributed by atoms with E-state index in [9.17, 15) is 0 Å². The van der Waals surface area contributed by atoms with Crippen molar-refractivity contribution >= 4 is 11.9 Å². The van der Waals surface area contributed by atoms with Gasteiger partial charge in [-0.15, -0.1) is 0 Å². The first-order chi connectivity index (χ1) is 7.06. The molecule has 1 unspecified atom stereocenters. The van der Waals surface area contributed by atoms with Crippen LogP contribution in [0.2, 0.25) is 0 Å². The van der Waals surface area contributed by atoms with Gasteiger partial charge in [-0.25, -0.2) is 9.98 Å². The first-order valence-electron chi connectivity index (χ1n) is 5.42. The number of hydrogen-bond donors (Lipinski definition) is 1. The predicted molar refractivity (Wildman–Crippen MR) is 63.8 cm³/mol. The van der Waals surface area contributed by atoms with Crippen LogP contribution in [0.5, 0.6) is 0 Å². The monoisotopic (exact) mass is 211 g/mol. The van der Waals surface area contributed by atoms with E-state index in [4.69, 9.17) is 5.73 Å². The molecule has 0 aromatic heterocycles. The Labute approximate surface area is 91.7 Å². The van der Waals surface area contributed by atoms with E-state index < -0.39 is 0 Å². The second-order valence-electron chi connectivity index (χ2n) is 3.88. The van der Waals surface area contributed by atoms with Gasteiger partial charge >= 0.3 is 0 Å². The van der Waals surface area contributed by atoms with Crippen LogP contribution in [-0.2, 0) is 0 Å². The number of rotatable bonds is 3. The Kier molecular flexibility index (Phi) is 3.94. The van der Waals surface area contributed by atoms with Crippen molar-refractivity contribution in [2.45, 2.75) is 32.9 Å². The molecule has 0 amide bonds. The van der Waals surface area contributed by atoms with E-state index in [2.05, 4.69) is 21.8 Å². The zero-order chi connectivity index (χ0) is 11.4. The third-order valence-electron chi connectivity index (χ3n) is 2.45. The molecule has 1 heterocycles. The molecule has 1 atom stereocenters. The average molecular weight is 211 g/mol. The maximum absolute atomic E-state index is 5.79. The van der Waals surface area contributed by atoms with Gasteiger partial charge in [0.1, 0.15) is 6.17 Å². The predicted octanol–water partition coefficient (Wildman–Crippen LogP) is 0.680. The zero-order valence-corrected chi connectivity index (χ0v) is 10.1. The van der Waals surface area contributed by atoms with Crippen molar-refractivity contribution in [3.63, 3.8) is 0 Å². The molecule has 15 heavy (non-hydrogen) atoms. The summed E-state index contributed by atoms with van der Waals surface area (Å²) in [5.41, 5.74) is 5.79. The molecule has 86 valence electrons. The van der Waals surface area contributed by atoms with Crippen LogP contribution in [-0.4, -0.2) is 48.5 Å². The Balaban J connectivity index is 2.67. The first kappa shape index (κ1) is 11.8. The van der Waals surface area contributed by atoms with E-state index in [-0.39, 0.29) is 6.17 Å². The number of nitrogens with zero attached hydrogens (tertiary/aromatic N) is 4. The van der Waals surface area contributed by atoms with Crippen LogP contribution in [0, 0.1) is 0 Å². The molecule has 0 aliphatic carbocycles. The van der Waals surface area contributed by atoms with E-state index >= 15 is 0 Å². The van der Waals surface area contributed by atoms with Gasteiger partial charge in [0, 0.05) is 20.6 Å². The fourth-order valence-corrected chi connectivity index (χ4v) is 1.51. The fraction of sp³-hybridized carbons (Fsp3) is 0.800. The molecule has 0 aromatic rings. The van der Waals surface area contributed by atoms with Crippen LogP contribution < -0.4 is 5.73 Å². The Morgan fingerprint density at radius 1 is 1.47 bits per heavy atom. The van der Waals surface area contributed by atoms with Crippen LogP contribution in [0.25, 0.3) is 0 Å². The number of hydrogen-bond acceptors (Lipinski definition) is 5. The van der Waals surface area contributed by atoms with Gasteiger partial charge in [0.2, 0.25) is 5.96 Å². The van der Waals surface area contributed by atoms with Gasteiger partial charge in [0.25, 0.3) is 0 Å². The molecule has 1 aliphatic heterocycles. The van der Waals surface area contributed by atoms with Crippen molar-refractivity contribution in [2.24, 2.45) is 15.7 Å².